The highest BCUT2D eigenvalue weighted by Crippen LogP contribution is 2.41. The molecule has 2 saturated heterocycles. The molecule has 0 N–H and O–H groups in total. The second-order valence-corrected chi connectivity index (χ2v) is 8.63. The summed E-state index contributed by atoms with van der Waals surface area (Å²) in [7, 11) is 0. The molecule has 6 nitrogen and oxygen atoms in total. The number of rotatable bonds is 3. The average Bonchev–Trinajstić information content (AvgIpc) is 3.16. The van der Waals surface area contributed by atoms with Crippen LogP contribution in [0.1, 0.15) is 76.9 Å². The first-order valence-corrected chi connectivity index (χ1v) is 9.23. The summed E-state index contributed by atoms with van der Waals surface area (Å²) < 4.78 is 11.0. The van der Waals surface area contributed by atoms with Crippen LogP contribution in [0.4, 0.5) is 4.79 Å². The Kier molecular flexibility index (Phi) is 3.81. The Hall–Kier alpha value is -1.59. The van der Waals surface area contributed by atoms with Crippen LogP contribution >= 0.6 is 0 Å². The van der Waals surface area contributed by atoms with E-state index in [4.69, 9.17) is 9.26 Å². The van der Waals surface area contributed by atoms with E-state index < -0.39 is 5.60 Å². The van der Waals surface area contributed by atoms with Gasteiger partial charge in [0.05, 0.1) is 0 Å². The Balaban J connectivity index is 1.37. The van der Waals surface area contributed by atoms with Gasteiger partial charge >= 0.3 is 6.09 Å². The smallest absolute Gasteiger partial charge is 0.410 e. The van der Waals surface area contributed by atoms with Crippen LogP contribution in [-0.2, 0) is 11.2 Å². The van der Waals surface area contributed by atoms with E-state index in [9.17, 15) is 4.79 Å². The standard InChI is InChI=1S/C18H27N3O3/c1-18(2,3)23-17(22)21-13-6-7-14(21)9-11(8-13)10-15-19-16(20-24-15)12-4-5-12/h11-14H,4-10H2,1-3H3/t13-,14-/m0/s1. The van der Waals surface area contributed by atoms with E-state index in [0.717, 1.165) is 43.8 Å². The van der Waals surface area contributed by atoms with Crippen LogP contribution < -0.4 is 0 Å². The summed E-state index contributed by atoms with van der Waals surface area (Å²) in [5.74, 6) is 2.72. The molecule has 1 saturated carbocycles. The van der Waals surface area contributed by atoms with Gasteiger partial charge in [-0.25, -0.2) is 4.79 Å². The van der Waals surface area contributed by atoms with E-state index in [0.29, 0.717) is 23.9 Å². The third-order valence-corrected chi connectivity index (χ3v) is 5.32. The van der Waals surface area contributed by atoms with Crippen LogP contribution in [0, 0.1) is 5.92 Å². The molecule has 2 atom stereocenters. The summed E-state index contributed by atoms with van der Waals surface area (Å²) in [5, 5.41) is 4.11. The SMILES string of the molecule is CC(C)(C)OC(=O)N1[C@H]2CC[C@H]1CC(Cc1nc(C3CC3)no1)C2. The zero-order valence-electron chi connectivity index (χ0n) is 14.8. The number of nitrogens with zero attached hydrogens (tertiary/aromatic N) is 3. The highest BCUT2D eigenvalue weighted by atomic mass is 16.6. The summed E-state index contributed by atoms with van der Waals surface area (Å²) in [6.07, 6.45) is 7.26. The molecule has 3 fully saturated rings. The Labute approximate surface area is 142 Å². The fourth-order valence-electron chi connectivity index (χ4n) is 4.17. The first kappa shape index (κ1) is 15.9. The highest BCUT2D eigenvalue weighted by Gasteiger charge is 2.45. The number of hydrogen-bond acceptors (Lipinski definition) is 5. The quantitative estimate of drug-likeness (QED) is 0.844. The number of amides is 1. The lowest BCUT2D eigenvalue weighted by Gasteiger charge is -2.39. The maximum Gasteiger partial charge on any atom is 0.410 e. The fraction of sp³-hybridized carbons (Fsp3) is 0.833. The molecule has 0 radical (unpaired) electrons. The molecule has 1 aromatic heterocycles. The third-order valence-electron chi connectivity index (χ3n) is 5.32. The minimum Gasteiger partial charge on any atom is -0.444 e. The molecule has 132 valence electrons. The highest BCUT2D eigenvalue weighted by molar-refractivity contribution is 5.69. The second kappa shape index (κ2) is 5.74. The van der Waals surface area contributed by atoms with E-state index in [2.05, 4.69) is 10.1 Å². The van der Waals surface area contributed by atoms with Crippen LogP contribution in [0.25, 0.3) is 0 Å². The predicted octanol–water partition coefficient (Wildman–Crippen LogP) is 3.67. The second-order valence-electron chi connectivity index (χ2n) is 8.63. The predicted molar refractivity (Wildman–Crippen MR) is 87.6 cm³/mol. The number of carbonyl (C=O) groups excluding carboxylic acids is 1. The third kappa shape index (κ3) is 3.28. The van der Waals surface area contributed by atoms with Crippen molar-refractivity contribution >= 4 is 6.09 Å². The van der Waals surface area contributed by atoms with Crippen molar-refractivity contribution in [2.75, 3.05) is 0 Å². The van der Waals surface area contributed by atoms with Crippen LogP contribution in [0.15, 0.2) is 4.52 Å². The summed E-state index contributed by atoms with van der Waals surface area (Å²) in [5.41, 5.74) is -0.434. The van der Waals surface area contributed by atoms with Crippen molar-refractivity contribution in [3.8, 4) is 0 Å². The Morgan fingerprint density at radius 3 is 2.46 bits per heavy atom. The Morgan fingerprint density at radius 1 is 1.21 bits per heavy atom. The van der Waals surface area contributed by atoms with Gasteiger partial charge < -0.3 is 14.2 Å². The number of hydrogen-bond donors (Lipinski definition) is 0. The summed E-state index contributed by atoms with van der Waals surface area (Å²) in [4.78, 5) is 19.0. The van der Waals surface area contributed by atoms with E-state index in [1.165, 1.54) is 12.8 Å². The summed E-state index contributed by atoms with van der Waals surface area (Å²) in [6, 6.07) is 0.601. The minimum atomic E-state index is -0.434. The number of ether oxygens (including phenoxy) is 1. The van der Waals surface area contributed by atoms with Gasteiger partial charge in [-0.2, -0.15) is 4.98 Å². The zero-order valence-corrected chi connectivity index (χ0v) is 14.8. The maximum absolute atomic E-state index is 12.5. The molecule has 6 heteroatoms. The average molecular weight is 333 g/mol. The van der Waals surface area contributed by atoms with Crippen LogP contribution in [0.3, 0.4) is 0 Å². The van der Waals surface area contributed by atoms with Crippen molar-refractivity contribution in [3.05, 3.63) is 11.7 Å². The van der Waals surface area contributed by atoms with Gasteiger partial charge in [-0.3, -0.25) is 0 Å². The normalized spacial score (nSPS) is 29.8. The molecule has 0 aromatic carbocycles. The zero-order chi connectivity index (χ0) is 16.9. The van der Waals surface area contributed by atoms with Gasteiger partial charge in [-0.05, 0) is 65.2 Å². The Morgan fingerprint density at radius 2 is 1.88 bits per heavy atom. The van der Waals surface area contributed by atoms with Crippen LogP contribution in [0.2, 0.25) is 0 Å². The van der Waals surface area contributed by atoms with Crippen LogP contribution in [-0.4, -0.2) is 38.8 Å². The van der Waals surface area contributed by atoms with E-state index >= 15 is 0 Å². The monoisotopic (exact) mass is 333 g/mol. The van der Waals surface area contributed by atoms with Crippen molar-refractivity contribution in [1.29, 1.82) is 0 Å². The van der Waals surface area contributed by atoms with Gasteiger partial charge in [0.15, 0.2) is 5.82 Å². The molecule has 2 aliphatic heterocycles. The fourth-order valence-corrected chi connectivity index (χ4v) is 4.17. The van der Waals surface area contributed by atoms with Crippen LogP contribution in [0.5, 0.6) is 0 Å². The van der Waals surface area contributed by atoms with Gasteiger partial charge in [0, 0.05) is 24.4 Å². The van der Waals surface area contributed by atoms with Crippen molar-refractivity contribution < 1.29 is 14.1 Å². The van der Waals surface area contributed by atoms with Gasteiger partial charge in [0.1, 0.15) is 5.60 Å². The molecule has 0 spiro atoms. The van der Waals surface area contributed by atoms with Gasteiger partial charge in [0.25, 0.3) is 0 Å². The van der Waals surface area contributed by atoms with E-state index in [-0.39, 0.29) is 6.09 Å². The van der Waals surface area contributed by atoms with E-state index in [1.54, 1.807) is 0 Å². The number of fused-ring (bicyclic) bond motifs is 2. The number of aromatic nitrogens is 2. The topological polar surface area (TPSA) is 68.5 Å². The number of piperidine rings is 1. The van der Waals surface area contributed by atoms with Crippen molar-refractivity contribution in [2.24, 2.45) is 5.92 Å². The summed E-state index contributed by atoms with van der Waals surface area (Å²) in [6.45, 7) is 5.77. The number of carbonyl (C=O) groups is 1. The maximum atomic E-state index is 12.5. The Bertz CT molecular complexity index is 603. The molecule has 3 aliphatic rings. The molecule has 1 aliphatic carbocycles. The molecule has 4 rings (SSSR count). The lowest BCUT2D eigenvalue weighted by atomic mass is 9.88. The lowest BCUT2D eigenvalue weighted by molar-refractivity contribution is 0.00180. The molecular weight excluding hydrogens is 306 g/mol. The summed E-state index contributed by atoms with van der Waals surface area (Å²) >= 11 is 0. The van der Waals surface area contributed by atoms with Crippen molar-refractivity contribution in [2.45, 2.75) is 89.3 Å². The van der Waals surface area contributed by atoms with Crippen molar-refractivity contribution in [3.63, 3.8) is 0 Å². The first-order valence-electron chi connectivity index (χ1n) is 9.23. The molecule has 1 amide bonds. The molecule has 3 heterocycles. The molecule has 1 aromatic rings. The lowest BCUT2D eigenvalue weighted by Crippen LogP contribution is -2.48. The molecular formula is C18H27N3O3. The molecule has 0 unspecified atom stereocenters. The van der Waals surface area contributed by atoms with E-state index in [1.807, 2.05) is 25.7 Å². The minimum absolute atomic E-state index is 0.151. The molecule has 24 heavy (non-hydrogen) atoms. The first-order chi connectivity index (χ1) is 11.4. The van der Waals surface area contributed by atoms with Gasteiger partial charge in [-0.15, -0.1) is 0 Å². The largest absolute Gasteiger partial charge is 0.444 e. The van der Waals surface area contributed by atoms with Crippen molar-refractivity contribution in [1.82, 2.24) is 15.0 Å². The van der Waals surface area contributed by atoms with Gasteiger partial charge in [0.2, 0.25) is 5.89 Å². The molecule has 2 bridgehead atoms. The van der Waals surface area contributed by atoms with Gasteiger partial charge in [-0.1, -0.05) is 5.16 Å².